The molecule has 6 nitrogen and oxygen atoms in total. The molecule has 1 aliphatic rings. The van der Waals surface area contributed by atoms with Crippen LogP contribution in [0.25, 0.3) is 5.70 Å². The molecule has 1 aromatic heterocycles. The number of nitrogens with one attached hydrogen (secondary N) is 2. The van der Waals surface area contributed by atoms with Gasteiger partial charge >= 0.3 is 0 Å². The molecule has 1 amide bonds. The van der Waals surface area contributed by atoms with Gasteiger partial charge in [0.15, 0.2) is 5.13 Å². The summed E-state index contributed by atoms with van der Waals surface area (Å²) in [5, 5.41) is 3.71. The van der Waals surface area contributed by atoms with Crippen LogP contribution in [-0.2, 0) is 16.0 Å². The molecule has 0 atom stereocenters. The van der Waals surface area contributed by atoms with Gasteiger partial charge in [0.25, 0.3) is 0 Å². The Morgan fingerprint density at radius 3 is 2.77 bits per heavy atom. The number of carbonyl (C=O) groups excluding carboxylic acids is 1. The lowest BCUT2D eigenvalue weighted by Gasteiger charge is -2.26. The summed E-state index contributed by atoms with van der Waals surface area (Å²) in [4.78, 5) is 18.8. The molecule has 2 aromatic rings. The molecule has 0 aliphatic carbocycles. The zero-order valence-corrected chi connectivity index (χ0v) is 16.3. The van der Waals surface area contributed by atoms with Gasteiger partial charge in [0.05, 0.1) is 41.1 Å². The first kappa shape index (κ1) is 19.0. The molecule has 1 fully saturated rings. The Labute approximate surface area is 165 Å². The molecular weight excluding hydrogens is 395 g/mol. The Kier molecular flexibility index (Phi) is 6.37. The van der Waals surface area contributed by atoms with E-state index in [0.29, 0.717) is 29.0 Å². The Bertz CT molecular complexity index is 806. The highest BCUT2D eigenvalue weighted by atomic mass is 35.5. The third kappa shape index (κ3) is 4.88. The number of aromatic nitrogens is 1. The van der Waals surface area contributed by atoms with Gasteiger partial charge in [0, 0.05) is 24.0 Å². The van der Waals surface area contributed by atoms with Crippen molar-refractivity contribution in [1.82, 2.24) is 15.8 Å². The summed E-state index contributed by atoms with van der Waals surface area (Å²) < 4.78 is 5.34. The van der Waals surface area contributed by atoms with Crippen molar-refractivity contribution in [1.29, 1.82) is 0 Å². The minimum Gasteiger partial charge on any atom is -0.378 e. The number of benzene rings is 1. The maximum absolute atomic E-state index is 12.1. The predicted octanol–water partition coefficient (Wildman–Crippen LogP) is 3.12. The van der Waals surface area contributed by atoms with Gasteiger partial charge in [-0.1, -0.05) is 35.8 Å². The van der Waals surface area contributed by atoms with Crippen molar-refractivity contribution in [3.8, 4) is 0 Å². The van der Waals surface area contributed by atoms with Crippen molar-refractivity contribution in [2.24, 2.45) is 0 Å². The van der Waals surface area contributed by atoms with Gasteiger partial charge in [-0.05, 0) is 12.1 Å². The summed E-state index contributed by atoms with van der Waals surface area (Å²) in [5.74, 6) is -0.204. The molecule has 1 aromatic carbocycles. The van der Waals surface area contributed by atoms with Crippen molar-refractivity contribution >= 4 is 51.3 Å². The van der Waals surface area contributed by atoms with Crippen molar-refractivity contribution in [2.45, 2.75) is 6.42 Å². The fraction of sp³-hybridized carbons (Fsp3) is 0.294. The summed E-state index contributed by atoms with van der Waals surface area (Å²) in [5.41, 5.74) is 7.40. The van der Waals surface area contributed by atoms with E-state index >= 15 is 0 Å². The molecule has 0 spiro atoms. The van der Waals surface area contributed by atoms with Gasteiger partial charge in [0.1, 0.15) is 0 Å². The fourth-order valence-corrected chi connectivity index (χ4v) is 3.56. The molecule has 9 heteroatoms. The van der Waals surface area contributed by atoms with Crippen LogP contribution < -0.4 is 15.8 Å². The number of nitrogens with zero attached hydrogens (tertiary/aromatic N) is 2. The Balaban J connectivity index is 1.50. The van der Waals surface area contributed by atoms with Gasteiger partial charge in [0.2, 0.25) is 5.91 Å². The topological polar surface area (TPSA) is 66.5 Å². The molecule has 0 radical (unpaired) electrons. The number of hydrogen-bond donors (Lipinski definition) is 2. The molecule has 1 saturated heterocycles. The van der Waals surface area contributed by atoms with Crippen LogP contribution in [0, 0.1) is 0 Å². The number of amides is 1. The van der Waals surface area contributed by atoms with E-state index in [4.69, 9.17) is 27.9 Å². The van der Waals surface area contributed by atoms with E-state index in [1.54, 1.807) is 18.2 Å². The Hall–Kier alpha value is -1.80. The third-order valence-corrected chi connectivity index (χ3v) is 5.47. The highest BCUT2D eigenvalue weighted by Crippen LogP contribution is 2.24. The maximum Gasteiger partial charge on any atom is 0.244 e. The van der Waals surface area contributed by atoms with E-state index in [1.165, 1.54) is 11.3 Å². The summed E-state index contributed by atoms with van der Waals surface area (Å²) in [6.45, 7) is 6.94. The van der Waals surface area contributed by atoms with Gasteiger partial charge in [-0.3, -0.25) is 15.6 Å². The van der Waals surface area contributed by atoms with Crippen molar-refractivity contribution < 1.29 is 9.53 Å². The molecule has 0 unspecified atom stereocenters. The third-order valence-electron chi connectivity index (χ3n) is 3.78. The van der Waals surface area contributed by atoms with Crippen LogP contribution in [-0.4, -0.2) is 37.2 Å². The average molecular weight is 413 g/mol. The molecule has 2 heterocycles. The lowest BCUT2D eigenvalue weighted by molar-refractivity contribution is -0.121. The second-order valence-corrected chi connectivity index (χ2v) is 7.33. The predicted molar refractivity (Wildman–Crippen MR) is 106 cm³/mol. The van der Waals surface area contributed by atoms with Gasteiger partial charge in [-0.2, -0.15) is 0 Å². The lowest BCUT2D eigenvalue weighted by Crippen LogP contribution is -2.37. The summed E-state index contributed by atoms with van der Waals surface area (Å²) >= 11 is 13.4. The smallest absolute Gasteiger partial charge is 0.244 e. The molecule has 1 aliphatic heterocycles. The standard InChI is InChI=1S/C17H18Cl2N4O2S/c1-11(12-2-3-14(18)15(19)8-12)21-22-16(24)9-13-10-26-17(20-13)23-4-6-25-7-5-23/h2-3,8,10,21H,1,4-7,9H2,(H,22,24). The Morgan fingerprint density at radius 1 is 1.27 bits per heavy atom. The van der Waals surface area contributed by atoms with Crippen LogP contribution in [0.5, 0.6) is 0 Å². The molecule has 0 saturated carbocycles. The lowest BCUT2D eigenvalue weighted by atomic mass is 10.2. The van der Waals surface area contributed by atoms with Crippen LogP contribution in [0.15, 0.2) is 30.2 Å². The summed E-state index contributed by atoms with van der Waals surface area (Å²) in [6.07, 6.45) is 0.183. The quantitative estimate of drug-likeness (QED) is 0.713. The molecular formula is C17H18Cl2N4O2S. The van der Waals surface area contributed by atoms with E-state index in [9.17, 15) is 4.79 Å². The molecule has 2 N–H and O–H groups in total. The fourth-order valence-electron chi connectivity index (χ4n) is 2.39. The highest BCUT2D eigenvalue weighted by Gasteiger charge is 2.15. The van der Waals surface area contributed by atoms with Crippen molar-refractivity contribution in [2.75, 3.05) is 31.2 Å². The number of hydrogen-bond acceptors (Lipinski definition) is 6. The first-order chi connectivity index (χ1) is 12.5. The number of halogens is 2. The van der Waals surface area contributed by atoms with E-state index in [0.717, 1.165) is 29.5 Å². The second kappa shape index (κ2) is 8.73. The molecule has 138 valence electrons. The van der Waals surface area contributed by atoms with Crippen LogP contribution in [0.3, 0.4) is 0 Å². The summed E-state index contributed by atoms with van der Waals surface area (Å²) in [7, 11) is 0. The molecule has 0 bridgehead atoms. The summed E-state index contributed by atoms with van der Waals surface area (Å²) in [6, 6.07) is 5.13. The van der Waals surface area contributed by atoms with E-state index in [-0.39, 0.29) is 12.3 Å². The van der Waals surface area contributed by atoms with E-state index in [1.807, 2.05) is 5.38 Å². The number of rotatable bonds is 6. The van der Waals surface area contributed by atoms with Gasteiger partial charge < -0.3 is 9.64 Å². The number of thiazole rings is 1. The van der Waals surface area contributed by atoms with Crippen molar-refractivity contribution in [3.05, 3.63) is 51.5 Å². The van der Waals surface area contributed by atoms with Crippen LogP contribution in [0.1, 0.15) is 11.3 Å². The van der Waals surface area contributed by atoms with E-state index < -0.39 is 0 Å². The number of carbonyl (C=O) groups is 1. The van der Waals surface area contributed by atoms with Crippen LogP contribution in [0.2, 0.25) is 10.0 Å². The monoisotopic (exact) mass is 412 g/mol. The van der Waals surface area contributed by atoms with Gasteiger partial charge in [-0.15, -0.1) is 11.3 Å². The minimum atomic E-state index is -0.204. The maximum atomic E-state index is 12.1. The molecule has 26 heavy (non-hydrogen) atoms. The van der Waals surface area contributed by atoms with E-state index in [2.05, 4.69) is 27.3 Å². The number of hydrazine groups is 1. The van der Waals surface area contributed by atoms with Crippen molar-refractivity contribution in [3.63, 3.8) is 0 Å². The SMILES string of the molecule is C=C(NNC(=O)Cc1csc(N2CCOCC2)n1)c1ccc(Cl)c(Cl)c1. The van der Waals surface area contributed by atoms with Crippen LogP contribution >= 0.6 is 34.5 Å². The zero-order valence-electron chi connectivity index (χ0n) is 13.9. The highest BCUT2D eigenvalue weighted by molar-refractivity contribution is 7.13. The van der Waals surface area contributed by atoms with Gasteiger partial charge in [-0.25, -0.2) is 4.98 Å². The van der Waals surface area contributed by atoms with Crippen LogP contribution in [0.4, 0.5) is 5.13 Å². The number of morpholine rings is 1. The minimum absolute atomic E-state index is 0.183. The largest absolute Gasteiger partial charge is 0.378 e. The first-order valence-corrected chi connectivity index (χ1v) is 9.63. The molecule has 3 rings (SSSR count). The first-order valence-electron chi connectivity index (χ1n) is 7.99. The number of ether oxygens (including phenoxy) is 1. The zero-order chi connectivity index (χ0) is 18.5. The number of anilines is 1. The Morgan fingerprint density at radius 2 is 2.04 bits per heavy atom. The average Bonchev–Trinajstić information content (AvgIpc) is 3.11. The second-order valence-electron chi connectivity index (χ2n) is 5.68. The normalized spacial score (nSPS) is 14.2.